The van der Waals surface area contributed by atoms with Crippen LogP contribution in [-0.2, 0) is 28.9 Å². The summed E-state index contributed by atoms with van der Waals surface area (Å²) in [5.74, 6) is -0.317. The van der Waals surface area contributed by atoms with Crippen molar-refractivity contribution in [3.63, 3.8) is 0 Å². The lowest BCUT2D eigenvalue weighted by Gasteiger charge is -2.20. The Labute approximate surface area is 287 Å². The lowest BCUT2D eigenvalue weighted by Crippen LogP contribution is -2.40. The molecule has 1 heterocycles. The van der Waals surface area contributed by atoms with Gasteiger partial charge in [-0.3, -0.25) is 14.8 Å². The van der Waals surface area contributed by atoms with Crippen LogP contribution < -0.4 is 10.8 Å². The fourth-order valence-electron chi connectivity index (χ4n) is 5.99. The van der Waals surface area contributed by atoms with Gasteiger partial charge < -0.3 is 14.6 Å². The van der Waals surface area contributed by atoms with Crippen molar-refractivity contribution in [1.82, 2.24) is 20.3 Å². The van der Waals surface area contributed by atoms with Gasteiger partial charge in [-0.05, 0) is 86.6 Å². The average Bonchev–Trinajstić information content (AvgIpc) is 3.41. The second-order valence-electron chi connectivity index (χ2n) is 13.4. The van der Waals surface area contributed by atoms with E-state index in [-0.39, 0.29) is 18.3 Å². The molecule has 0 aliphatic rings. The van der Waals surface area contributed by atoms with Crippen LogP contribution in [0.25, 0.3) is 22.2 Å². The normalized spacial score (nSPS) is 12.0. The van der Waals surface area contributed by atoms with Gasteiger partial charge in [-0.15, -0.1) is 0 Å². The van der Waals surface area contributed by atoms with Crippen molar-refractivity contribution in [3.05, 3.63) is 125 Å². The van der Waals surface area contributed by atoms with Crippen LogP contribution in [0.5, 0.6) is 0 Å². The van der Waals surface area contributed by atoms with Crippen LogP contribution in [0.15, 0.2) is 91.0 Å². The van der Waals surface area contributed by atoms with Gasteiger partial charge >= 0.3 is 5.97 Å². The second kappa shape index (κ2) is 15.3. The first-order valence-electron chi connectivity index (χ1n) is 16.6. The summed E-state index contributed by atoms with van der Waals surface area (Å²) in [6, 6.07) is 28.3. The Kier molecular flexibility index (Phi) is 10.9. The lowest BCUT2D eigenvalue weighted by molar-refractivity contribution is -0.129. The summed E-state index contributed by atoms with van der Waals surface area (Å²) >= 11 is 0. The van der Waals surface area contributed by atoms with Gasteiger partial charge in [-0.1, -0.05) is 79.7 Å². The van der Waals surface area contributed by atoms with Crippen molar-refractivity contribution in [2.45, 2.75) is 78.5 Å². The van der Waals surface area contributed by atoms with Crippen molar-refractivity contribution >= 4 is 28.8 Å². The standard InChI is InChI=1S/C40H44N4O5/c1-6-12-35-42-37-26(2)21-30(38(46)41-31(24-36(45)43-48)22-27-13-8-7-9-14-27)23-34(37)44(35)25-28-17-19-29(20-18-28)32-15-10-11-16-33(32)39(47)49-40(3,4)5/h7-11,13-21,23,31,48H,6,12,22,24-25H2,1-5H3,(H,41,46)(H,43,45). The molecule has 0 bridgehead atoms. The zero-order valence-corrected chi connectivity index (χ0v) is 28.7. The van der Waals surface area contributed by atoms with E-state index < -0.39 is 17.6 Å². The molecular weight excluding hydrogens is 616 g/mol. The smallest absolute Gasteiger partial charge is 0.339 e. The number of aryl methyl sites for hydroxylation is 2. The highest BCUT2D eigenvalue weighted by molar-refractivity contribution is 5.99. The number of nitrogens with zero attached hydrogens (tertiary/aromatic N) is 2. The fraction of sp³-hybridized carbons (Fsp3) is 0.300. The average molecular weight is 661 g/mol. The number of rotatable bonds is 12. The number of aromatic nitrogens is 2. The molecule has 0 saturated carbocycles. The maximum Gasteiger partial charge on any atom is 0.339 e. The highest BCUT2D eigenvalue weighted by atomic mass is 16.6. The van der Waals surface area contributed by atoms with E-state index >= 15 is 0 Å². The molecule has 0 aliphatic heterocycles. The maximum absolute atomic E-state index is 13.7. The Hall–Kier alpha value is -5.28. The minimum atomic E-state index is -0.600. The van der Waals surface area contributed by atoms with Crippen molar-refractivity contribution in [2.24, 2.45) is 0 Å². The van der Waals surface area contributed by atoms with Crippen LogP contribution in [0.4, 0.5) is 0 Å². The predicted molar refractivity (Wildman–Crippen MR) is 191 cm³/mol. The minimum Gasteiger partial charge on any atom is -0.456 e. The molecule has 254 valence electrons. The van der Waals surface area contributed by atoms with E-state index in [0.29, 0.717) is 24.1 Å². The van der Waals surface area contributed by atoms with E-state index in [2.05, 4.69) is 16.8 Å². The topological polar surface area (TPSA) is 123 Å². The number of benzene rings is 4. The van der Waals surface area contributed by atoms with Gasteiger partial charge in [0, 0.05) is 31.0 Å². The van der Waals surface area contributed by atoms with Crippen LogP contribution in [0.3, 0.4) is 0 Å². The number of nitrogens with one attached hydrogen (secondary N) is 2. The van der Waals surface area contributed by atoms with Crippen LogP contribution in [0.2, 0.25) is 0 Å². The van der Waals surface area contributed by atoms with Crippen molar-refractivity contribution in [2.75, 3.05) is 0 Å². The Bertz CT molecular complexity index is 1940. The van der Waals surface area contributed by atoms with Gasteiger partial charge in [0.05, 0.1) is 16.6 Å². The molecule has 9 nitrogen and oxygen atoms in total. The summed E-state index contributed by atoms with van der Waals surface area (Å²) < 4.78 is 7.82. The number of hydroxylamine groups is 1. The second-order valence-corrected chi connectivity index (χ2v) is 13.4. The third kappa shape index (κ3) is 8.80. The van der Waals surface area contributed by atoms with Crippen LogP contribution in [-0.4, -0.2) is 44.2 Å². The molecule has 49 heavy (non-hydrogen) atoms. The van der Waals surface area contributed by atoms with E-state index in [1.165, 1.54) is 0 Å². The molecule has 5 aromatic rings. The molecule has 0 spiro atoms. The summed E-state index contributed by atoms with van der Waals surface area (Å²) in [6.07, 6.45) is 2.03. The van der Waals surface area contributed by atoms with Gasteiger partial charge in [0.1, 0.15) is 11.4 Å². The van der Waals surface area contributed by atoms with Crippen LogP contribution >= 0.6 is 0 Å². The lowest BCUT2D eigenvalue weighted by atomic mass is 9.98. The summed E-state index contributed by atoms with van der Waals surface area (Å²) in [4.78, 5) is 43.7. The SMILES string of the molecule is CCCc1nc2c(C)cc(C(=O)NC(CC(=O)NO)Cc3ccccc3)cc2n1Cc1ccc(-c2ccccc2C(=O)OC(C)(C)C)cc1. The molecule has 9 heteroatoms. The summed E-state index contributed by atoms with van der Waals surface area (Å²) in [5.41, 5.74) is 8.33. The molecule has 3 N–H and O–H groups in total. The van der Waals surface area contributed by atoms with Crippen molar-refractivity contribution in [3.8, 4) is 11.1 Å². The first-order chi connectivity index (χ1) is 23.5. The zero-order valence-electron chi connectivity index (χ0n) is 28.7. The monoisotopic (exact) mass is 660 g/mol. The first-order valence-corrected chi connectivity index (χ1v) is 16.6. The number of hydrogen-bond donors (Lipinski definition) is 3. The van der Waals surface area contributed by atoms with E-state index in [1.807, 2.05) is 113 Å². The number of fused-ring (bicyclic) bond motifs is 1. The summed E-state index contributed by atoms with van der Waals surface area (Å²) in [5, 5.41) is 12.2. The van der Waals surface area contributed by atoms with Crippen LogP contribution in [0.1, 0.15) is 83.8 Å². The molecule has 1 aromatic heterocycles. The predicted octanol–water partition coefficient (Wildman–Crippen LogP) is 7.20. The molecule has 0 fully saturated rings. The number of hydrogen-bond acceptors (Lipinski definition) is 6. The molecule has 0 aliphatic carbocycles. The molecule has 5 rings (SSSR count). The number of ether oxygens (including phenoxy) is 1. The Morgan fingerprint density at radius 3 is 2.29 bits per heavy atom. The van der Waals surface area contributed by atoms with Crippen molar-refractivity contribution < 1.29 is 24.3 Å². The number of amides is 2. The molecule has 1 atom stereocenters. The number of carbonyl (C=O) groups excluding carboxylic acids is 3. The largest absolute Gasteiger partial charge is 0.456 e. The van der Waals surface area contributed by atoms with Gasteiger partial charge in [-0.25, -0.2) is 15.3 Å². The van der Waals surface area contributed by atoms with Gasteiger partial charge in [0.25, 0.3) is 5.91 Å². The minimum absolute atomic E-state index is 0.0742. The molecular formula is C40H44N4O5. The fourth-order valence-corrected chi connectivity index (χ4v) is 5.99. The van der Waals surface area contributed by atoms with Crippen LogP contribution in [0, 0.1) is 6.92 Å². The molecule has 1 unspecified atom stereocenters. The third-order valence-electron chi connectivity index (χ3n) is 8.23. The molecule has 0 saturated heterocycles. The highest BCUT2D eigenvalue weighted by Gasteiger charge is 2.22. The van der Waals surface area contributed by atoms with E-state index in [1.54, 1.807) is 11.5 Å². The highest BCUT2D eigenvalue weighted by Crippen LogP contribution is 2.28. The molecule has 4 aromatic carbocycles. The number of carbonyl (C=O) groups is 3. The zero-order chi connectivity index (χ0) is 35.1. The number of imidazole rings is 1. The Morgan fingerprint density at radius 2 is 1.61 bits per heavy atom. The number of esters is 1. The Balaban J connectivity index is 1.43. The summed E-state index contributed by atoms with van der Waals surface area (Å²) in [6.45, 7) is 10.2. The maximum atomic E-state index is 13.7. The summed E-state index contributed by atoms with van der Waals surface area (Å²) in [7, 11) is 0. The van der Waals surface area contributed by atoms with E-state index in [0.717, 1.165) is 57.5 Å². The van der Waals surface area contributed by atoms with Gasteiger partial charge in [-0.2, -0.15) is 0 Å². The Morgan fingerprint density at radius 1 is 0.918 bits per heavy atom. The molecule has 0 radical (unpaired) electrons. The van der Waals surface area contributed by atoms with E-state index in [9.17, 15) is 14.4 Å². The molecule has 2 amide bonds. The third-order valence-corrected chi connectivity index (χ3v) is 8.23. The van der Waals surface area contributed by atoms with Crippen molar-refractivity contribution in [1.29, 1.82) is 0 Å². The van der Waals surface area contributed by atoms with Gasteiger partial charge in [0.15, 0.2) is 0 Å². The van der Waals surface area contributed by atoms with E-state index in [4.69, 9.17) is 14.9 Å². The van der Waals surface area contributed by atoms with Gasteiger partial charge in [0.2, 0.25) is 5.91 Å². The quantitative estimate of drug-likeness (QED) is 0.0739. The first kappa shape index (κ1) is 35.0.